The highest BCUT2D eigenvalue weighted by molar-refractivity contribution is 5.72. The predicted molar refractivity (Wildman–Crippen MR) is 101 cm³/mol. The second-order valence-corrected chi connectivity index (χ2v) is 7.89. The molecule has 0 amide bonds. The predicted octanol–water partition coefficient (Wildman–Crippen LogP) is 2.82. The van der Waals surface area contributed by atoms with Crippen LogP contribution in [-0.4, -0.2) is 35.9 Å². The quantitative estimate of drug-likeness (QED) is 0.714. The Hall–Kier alpha value is -2.41. The van der Waals surface area contributed by atoms with Gasteiger partial charge in [-0.25, -0.2) is 4.79 Å². The van der Waals surface area contributed by atoms with Crippen molar-refractivity contribution in [1.29, 1.82) is 0 Å². The van der Waals surface area contributed by atoms with Gasteiger partial charge in [0, 0.05) is 18.6 Å². The van der Waals surface area contributed by atoms with Crippen LogP contribution in [0.15, 0.2) is 27.4 Å². The fourth-order valence-corrected chi connectivity index (χ4v) is 3.68. The molecule has 3 rings (SSSR count). The average molecular weight is 390 g/mol. The highest BCUT2D eigenvalue weighted by Crippen LogP contribution is 2.46. The third kappa shape index (κ3) is 3.76. The summed E-state index contributed by atoms with van der Waals surface area (Å²) in [5, 5.41) is 0. The van der Waals surface area contributed by atoms with Gasteiger partial charge in [0.2, 0.25) is 0 Å². The normalized spacial score (nSPS) is 26.9. The maximum Gasteiger partial charge on any atom is 0.335 e. The van der Waals surface area contributed by atoms with Crippen LogP contribution in [0.25, 0.3) is 6.08 Å². The van der Waals surface area contributed by atoms with E-state index in [1.165, 1.54) is 13.0 Å². The van der Waals surface area contributed by atoms with Crippen LogP contribution in [0.3, 0.4) is 0 Å². The molecule has 28 heavy (non-hydrogen) atoms. The molecule has 152 valence electrons. The zero-order valence-electron chi connectivity index (χ0n) is 16.8. The topological polar surface area (TPSA) is 92.0 Å². The Bertz CT molecular complexity index is 851. The number of hydrogen-bond acceptors (Lipinski definition) is 7. The lowest BCUT2D eigenvalue weighted by Gasteiger charge is -2.35. The summed E-state index contributed by atoms with van der Waals surface area (Å²) in [6.07, 6.45) is 2.35. The largest absolute Gasteiger partial charge is 0.459 e. The molecule has 7 nitrogen and oxygen atoms in total. The van der Waals surface area contributed by atoms with Crippen LogP contribution in [-0.2, 0) is 23.8 Å². The van der Waals surface area contributed by atoms with E-state index in [1.54, 1.807) is 26.8 Å². The Morgan fingerprint density at radius 3 is 2.64 bits per heavy atom. The molecule has 2 aliphatic rings. The lowest BCUT2D eigenvalue weighted by Crippen LogP contribution is -2.49. The van der Waals surface area contributed by atoms with Crippen LogP contribution in [0, 0.1) is 5.92 Å². The van der Waals surface area contributed by atoms with E-state index < -0.39 is 41.4 Å². The van der Waals surface area contributed by atoms with Gasteiger partial charge in [-0.3, -0.25) is 9.59 Å². The molecular weight excluding hydrogens is 364 g/mol. The summed E-state index contributed by atoms with van der Waals surface area (Å²) in [5.41, 5.74) is -0.807. The SMILES string of the molecule is CC[C@@H](C)C(=O)OC(C)(C)[C@@H]1O[C@@H]2C=Cc3ccc(=O)oc3[C@@H]2[C@H]1OC(C)=O. The van der Waals surface area contributed by atoms with E-state index >= 15 is 0 Å². The standard InChI is InChI=1S/C21H26O7/c1-6-11(2)20(24)28-21(4,5)19-18(25-12(3)22)16-14(26-19)9-7-13-8-10-15(23)27-17(13)16/h7-11,14,16,18-19H,6H2,1-5H3/t11-,14-,16-,18-,19-/m1/s1. The van der Waals surface area contributed by atoms with E-state index in [1.807, 2.05) is 19.1 Å². The van der Waals surface area contributed by atoms with Gasteiger partial charge in [0.25, 0.3) is 0 Å². The number of carbonyl (C=O) groups excluding carboxylic acids is 2. The summed E-state index contributed by atoms with van der Waals surface area (Å²) in [6, 6.07) is 3.01. The number of hydrogen-bond donors (Lipinski definition) is 0. The number of fused-ring (bicyclic) bond motifs is 3. The van der Waals surface area contributed by atoms with Crippen molar-refractivity contribution in [3.8, 4) is 0 Å². The van der Waals surface area contributed by atoms with E-state index in [0.29, 0.717) is 12.2 Å². The van der Waals surface area contributed by atoms with Crippen molar-refractivity contribution in [3.05, 3.63) is 40.0 Å². The molecule has 0 unspecified atom stereocenters. The van der Waals surface area contributed by atoms with Crippen molar-refractivity contribution < 1.29 is 28.2 Å². The first kappa shape index (κ1) is 20.3. The molecule has 1 aromatic heterocycles. The first-order valence-corrected chi connectivity index (χ1v) is 9.51. The maximum absolute atomic E-state index is 12.4. The van der Waals surface area contributed by atoms with Crippen molar-refractivity contribution in [2.24, 2.45) is 5.92 Å². The molecule has 1 aromatic rings. The van der Waals surface area contributed by atoms with Crippen LogP contribution >= 0.6 is 0 Å². The van der Waals surface area contributed by atoms with E-state index in [-0.39, 0.29) is 11.9 Å². The summed E-state index contributed by atoms with van der Waals surface area (Å²) >= 11 is 0. The lowest BCUT2D eigenvalue weighted by atomic mass is 9.83. The molecule has 0 spiro atoms. The molecule has 0 saturated carbocycles. The molecule has 2 heterocycles. The third-order valence-electron chi connectivity index (χ3n) is 5.34. The highest BCUT2D eigenvalue weighted by Gasteiger charge is 2.56. The van der Waals surface area contributed by atoms with Gasteiger partial charge in [-0.1, -0.05) is 26.0 Å². The zero-order valence-corrected chi connectivity index (χ0v) is 16.8. The fourth-order valence-electron chi connectivity index (χ4n) is 3.68. The Kier molecular flexibility index (Phi) is 5.48. The lowest BCUT2D eigenvalue weighted by molar-refractivity contribution is -0.184. The first-order chi connectivity index (χ1) is 13.1. The molecule has 5 atom stereocenters. The van der Waals surface area contributed by atoms with E-state index in [4.69, 9.17) is 18.6 Å². The van der Waals surface area contributed by atoms with E-state index in [0.717, 1.165) is 5.56 Å². The number of carbonyl (C=O) groups is 2. The van der Waals surface area contributed by atoms with Crippen LogP contribution in [0.4, 0.5) is 0 Å². The Morgan fingerprint density at radius 1 is 1.29 bits per heavy atom. The smallest absolute Gasteiger partial charge is 0.335 e. The molecule has 0 N–H and O–H groups in total. The second kappa shape index (κ2) is 7.54. The van der Waals surface area contributed by atoms with Gasteiger partial charge in [-0.05, 0) is 26.3 Å². The Morgan fingerprint density at radius 2 is 2.00 bits per heavy atom. The summed E-state index contributed by atoms with van der Waals surface area (Å²) in [5.74, 6) is -1.16. The minimum Gasteiger partial charge on any atom is -0.459 e. The van der Waals surface area contributed by atoms with Gasteiger partial charge in [0.15, 0.2) is 0 Å². The number of rotatable bonds is 5. The van der Waals surface area contributed by atoms with Crippen LogP contribution in [0.1, 0.15) is 58.3 Å². The van der Waals surface area contributed by atoms with Gasteiger partial charge in [0.05, 0.1) is 17.9 Å². The van der Waals surface area contributed by atoms with Gasteiger partial charge < -0.3 is 18.6 Å². The number of ether oxygens (including phenoxy) is 3. The zero-order chi connectivity index (χ0) is 20.6. The highest BCUT2D eigenvalue weighted by atomic mass is 16.6. The number of esters is 2. The maximum atomic E-state index is 12.4. The molecular formula is C21H26O7. The van der Waals surface area contributed by atoms with Crippen LogP contribution in [0.2, 0.25) is 0 Å². The Labute approximate surface area is 163 Å². The van der Waals surface area contributed by atoms with Crippen molar-refractivity contribution in [3.63, 3.8) is 0 Å². The molecule has 0 radical (unpaired) electrons. The van der Waals surface area contributed by atoms with Gasteiger partial charge in [0.1, 0.15) is 23.6 Å². The molecule has 1 aliphatic heterocycles. The molecule has 0 aromatic carbocycles. The van der Waals surface area contributed by atoms with Gasteiger partial charge in [-0.15, -0.1) is 0 Å². The molecule has 7 heteroatoms. The minimum atomic E-state index is -1.05. The first-order valence-electron chi connectivity index (χ1n) is 9.51. The Balaban J connectivity index is 1.97. The molecule has 0 bridgehead atoms. The fraction of sp³-hybridized carbons (Fsp3) is 0.571. The second-order valence-electron chi connectivity index (χ2n) is 7.89. The van der Waals surface area contributed by atoms with Gasteiger partial charge >= 0.3 is 17.6 Å². The summed E-state index contributed by atoms with van der Waals surface area (Å²) in [7, 11) is 0. The van der Waals surface area contributed by atoms with Crippen molar-refractivity contribution in [1.82, 2.24) is 0 Å². The molecule has 1 saturated heterocycles. The summed E-state index contributed by atoms with van der Waals surface area (Å²) in [4.78, 5) is 36.0. The summed E-state index contributed by atoms with van der Waals surface area (Å²) in [6.45, 7) is 8.48. The monoisotopic (exact) mass is 390 g/mol. The molecule has 1 aliphatic carbocycles. The van der Waals surface area contributed by atoms with E-state index in [2.05, 4.69) is 0 Å². The summed E-state index contributed by atoms with van der Waals surface area (Å²) < 4.78 is 22.9. The van der Waals surface area contributed by atoms with Crippen molar-refractivity contribution in [2.75, 3.05) is 0 Å². The third-order valence-corrected chi connectivity index (χ3v) is 5.34. The van der Waals surface area contributed by atoms with Crippen LogP contribution < -0.4 is 5.63 Å². The average Bonchev–Trinajstić information content (AvgIpc) is 2.99. The van der Waals surface area contributed by atoms with Crippen molar-refractivity contribution in [2.45, 2.75) is 70.9 Å². The van der Waals surface area contributed by atoms with E-state index in [9.17, 15) is 14.4 Å². The molecule has 1 fully saturated rings. The van der Waals surface area contributed by atoms with Crippen LogP contribution in [0.5, 0.6) is 0 Å². The minimum absolute atomic E-state index is 0.256. The van der Waals surface area contributed by atoms with Gasteiger partial charge in [-0.2, -0.15) is 0 Å². The van der Waals surface area contributed by atoms with Crippen molar-refractivity contribution >= 4 is 18.0 Å².